The van der Waals surface area contributed by atoms with E-state index in [0.717, 1.165) is 5.56 Å². The van der Waals surface area contributed by atoms with Crippen molar-refractivity contribution in [2.75, 3.05) is 7.11 Å². The molecule has 0 radical (unpaired) electrons. The molecule has 0 saturated carbocycles. The van der Waals surface area contributed by atoms with Gasteiger partial charge in [-0.2, -0.15) is 4.39 Å². The minimum Gasteiger partial charge on any atom is -0.504 e. The molecule has 0 aliphatic rings. The van der Waals surface area contributed by atoms with E-state index in [9.17, 15) is 9.50 Å². The first-order chi connectivity index (χ1) is 8.72. The molecule has 0 amide bonds. The largest absolute Gasteiger partial charge is 0.504 e. The lowest BCUT2D eigenvalue weighted by molar-refractivity contribution is 0.359. The summed E-state index contributed by atoms with van der Waals surface area (Å²) in [6.45, 7) is 0. The van der Waals surface area contributed by atoms with Crippen molar-refractivity contribution < 1.29 is 14.2 Å². The second-order valence-corrected chi connectivity index (χ2v) is 4.72. The molecule has 0 unspecified atom stereocenters. The molecule has 4 heteroatoms. The topological polar surface area (TPSA) is 29.5 Å². The monoisotopic (exact) mass is 264 g/mol. The van der Waals surface area contributed by atoms with E-state index in [0.29, 0.717) is 10.6 Å². The second kappa shape index (κ2) is 5.78. The van der Waals surface area contributed by atoms with Gasteiger partial charge in [0, 0.05) is 5.75 Å². The highest BCUT2D eigenvalue weighted by Gasteiger charge is 2.13. The molecular weight excluding hydrogens is 251 g/mol. The van der Waals surface area contributed by atoms with E-state index in [4.69, 9.17) is 4.74 Å². The van der Waals surface area contributed by atoms with Gasteiger partial charge in [0.15, 0.2) is 11.5 Å². The molecule has 1 N–H and O–H groups in total. The van der Waals surface area contributed by atoms with Crippen molar-refractivity contribution >= 4 is 11.8 Å². The van der Waals surface area contributed by atoms with Crippen LogP contribution in [0.3, 0.4) is 0 Å². The number of phenols is 1. The van der Waals surface area contributed by atoms with Crippen molar-refractivity contribution in [1.29, 1.82) is 0 Å². The van der Waals surface area contributed by atoms with Gasteiger partial charge in [0.1, 0.15) is 0 Å². The number of ether oxygens (including phenoxy) is 1. The highest BCUT2D eigenvalue weighted by Crippen LogP contribution is 2.36. The van der Waals surface area contributed by atoms with Crippen LogP contribution in [0.4, 0.5) is 4.39 Å². The Morgan fingerprint density at radius 1 is 1.17 bits per heavy atom. The molecule has 0 bridgehead atoms. The van der Waals surface area contributed by atoms with Gasteiger partial charge in [-0.3, -0.25) is 0 Å². The van der Waals surface area contributed by atoms with Gasteiger partial charge in [-0.15, -0.1) is 11.8 Å². The fraction of sp³-hybridized carbons (Fsp3) is 0.143. The Morgan fingerprint density at radius 3 is 2.56 bits per heavy atom. The number of aromatic hydroxyl groups is 1. The Bertz CT molecular complexity index is 529. The number of thioether (sulfide) groups is 1. The zero-order valence-corrected chi connectivity index (χ0v) is 10.7. The SMILES string of the molecule is COc1ccc(SCc2ccccc2)c(O)c1F. The molecule has 0 aromatic heterocycles. The number of hydrogen-bond donors (Lipinski definition) is 1. The lowest BCUT2D eigenvalue weighted by Gasteiger charge is -2.08. The van der Waals surface area contributed by atoms with Gasteiger partial charge in [0.2, 0.25) is 5.82 Å². The summed E-state index contributed by atoms with van der Waals surface area (Å²) in [6.07, 6.45) is 0. The summed E-state index contributed by atoms with van der Waals surface area (Å²) >= 11 is 1.39. The molecule has 0 atom stereocenters. The third-order valence-electron chi connectivity index (χ3n) is 2.50. The lowest BCUT2D eigenvalue weighted by atomic mass is 10.2. The maximum absolute atomic E-state index is 13.6. The minimum atomic E-state index is -0.712. The smallest absolute Gasteiger partial charge is 0.207 e. The Balaban J connectivity index is 2.13. The predicted molar refractivity (Wildman–Crippen MR) is 70.6 cm³/mol. The van der Waals surface area contributed by atoms with Crippen molar-refractivity contribution in [3.63, 3.8) is 0 Å². The van der Waals surface area contributed by atoms with Crippen LogP contribution < -0.4 is 4.74 Å². The van der Waals surface area contributed by atoms with Crippen molar-refractivity contribution in [3.05, 3.63) is 53.8 Å². The molecule has 0 saturated heterocycles. The summed E-state index contributed by atoms with van der Waals surface area (Å²) in [5.74, 6) is -0.331. The van der Waals surface area contributed by atoms with Crippen LogP contribution in [0.2, 0.25) is 0 Å². The maximum Gasteiger partial charge on any atom is 0.207 e. The zero-order chi connectivity index (χ0) is 13.0. The Morgan fingerprint density at radius 2 is 1.89 bits per heavy atom. The quantitative estimate of drug-likeness (QED) is 0.851. The van der Waals surface area contributed by atoms with Gasteiger partial charge >= 0.3 is 0 Å². The molecule has 0 heterocycles. The molecular formula is C14H13FO2S. The van der Waals surface area contributed by atoms with Gasteiger partial charge in [0.25, 0.3) is 0 Å². The van der Waals surface area contributed by atoms with E-state index < -0.39 is 5.82 Å². The van der Waals surface area contributed by atoms with Gasteiger partial charge in [-0.25, -0.2) is 0 Å². The standard InChI is InChI=1S/C14H13FO2S/c1-17-11-7-8-12(14(16)13(11)15)18-9-10-5-3-2-4-6-10/h2-8,16H,9H2,1H3. The van der Waals surface area contributed by atoms with Crippen LogP contribution >= 0.6 is 11.8 Å². The fourth-order valence-electron chi connectivity index (χ4n) is 1.54. The zero-order valence-electron chi connectivity index (χ0n) is 9.89. The molecule has 2 aromatic carbocycles. The predicted octanol–water partition coefficient (Wildman–Crippen LogP) is 3.83. The summed E-state index contributed by atoms with van der Waals surface area (Å²) in [7, 11) is 1.37. The average molecular weight is 264 g/mol. The summed E-state index contributed by atoms with van der Waals surface area (Å²) in [5, 5.41) is 9.71. The Hall–Kier alpha value is -1.68. The molecule has 2 nitrogen and oxygen atoms in total. The van der Waals surface area contributed by atoms with E-state index in [2.05, 4.69) is 0 Å². The number of benzene rings is 2. The van der Waals surface area contributed by atoms with Crippen LogP contribution in [0, 0.1) is 5.82 Å². The number of halogens is 1. The van der Waals surface area contributed by atoms with Gasteiger partial charge in [-0.05, 0) is 17.7 Å². The molecule has 0 fully saturated rings. The van der Waals surface area contributed by atoms with Crippen LogP contribution in [-0.4, -0.2) is 12.2 Å². The van der Waals surface area contributed by atoms with E-state index in [1.807, 2.05) is 30.3 Å². The third kappa shape index (κ3) is 2.76. The van der Waals surface area contributed by atoms with Crippen LogP contribution in [-0.2, 0) is 5.75 Å². The highest BCUT2D eigenvalue weighted by molar-refractivity contribution is 7.98. The molecule has 2 rings (SSSR count). The summed E-state index contributed by atoms with van der Waals surface area (Å²) in [6, 6.07) is 13.0. The Kier molecular flexibility index (Phi) is 4.10. The highest BCUT2D eigenvalue weighted by atomic mass is 32.2. The van der Waals surface area contributed by atoms with Crippen molar-refractivity contribution in [2.45, 2.75) is 10.6 Å². The van der Waals surface area contributed by atoms with Crippen molar-refractivity contribution in [2.24, 2.45) is 0 Å². The summed E-state index contributed by atoms with van der Waals surface area (Å²) in [5.41, 5.74) is 1.12. The van der Waals surface area contributed by atoms with Crippen LogP contribution in [0.5, 0.6) is 11.5 Å². The van der Waals surface area contributed by atoms with Gasteiger partial charge < -0.3 is 9.84 Å². The van der Waals surface area contributed by atoms with Gasteiger partial charge in [0.05, 0.1) is 12.0 Å². The first kappa shape index (κ1) is 12.8. The first-order valence-electron chi connectivity index (χ1n) is 5.44. The van der Waals surface area contributed by atoms with E-state index in [1.54, 1.807) is 6.07 Å². The second-order valence-electron chi connectivity index (χ2n) is 3.70. The normalized spacial score (nSPS) is 10.3. The minimum absolute atomic E-state index is 0.0524. The van der Waals surface area contributed by atoms with Crippen molar-refractivity contribution in [1.82, 2.24) is 0 Å². The number of phenolic OH excluding ortho intramolecular Hbond substituents is 1. The molecule has 0 aliphatic carbocycles. The molecule has 0 aliphatic heterocycles. The fourth-order valence-corrected chi connectivity index (χ4v) is 2.44. The van der Waals surface area contributed by atoms with E-state index in [-0.39, 0.29) is 11.5 Å². The average Bonchev–Trinajstić information content (AvgIpc) is 2.42. The van der Waals surface area contributed by atoms with Crippen molar-refractivity contribution in [3.8, 4) is 11.5 Å². The number of rotatable bonds is 4. The lowest BCUT2D eigenvalue weighted by Crippen LogP contribution is -1.90. The summed E-state index contributed by atoms with van der Waals surface area (Å²) < 4.78 is 18.4. The van der Waals surface area contributed by atoms with Crippen LogP contribution in [0.1, 0.15) is 5.56 Å². The molecule has 18 heavy (non-hydrogen) atoms. The third-order valence-corrected chi connectivity index (χ3v) is 3.62. The number of hydrogen-bond acceptors (Lipinski definition) is 3. The number of methoxy groups -OCH3 is 1. The molecule has 94 valence electrons. The first-order valence-corrected chi connectivity index (χ1v) is 6.43. The molecule has 0 spiro atoms. The Labute approximate surface area is 109 Å². The molecule has 2 aromatic rings. The van der Waals surface area contributed by atoms with E-state index in [1.165, 1.54) is 24.9 Å². The van der Waals surface area contributed by atoms with E-state index >= 15 is 0 Å². The van der Waals surface area contributed by atoms with Crippen LogP contribution in [0.15, 0.2) is 47.4 Å². The maximum atomic E-state index is 13.6. The van der Waals surface area contributed by atoms with Gasteiger partial charge in [-0.1, -0.05) is 30.3 Å². The van der Waals surface area contributed by atoms with Crippen LogP contribution in [0.25, 0.3) is 0 Å². The summed E-state index contributed by atoms with van der Waals surface area (Å²) in [4.78, 5) is 0.511.